The molecule has 3 fully saturated rings. The van der Waals surface area contributed by atoms with Gasteiger partial charge in [0.2, 0.25) is 5.09 Å². The number of thioether (sulfide) groups is 2. The zero-order valence-corrected chi connectivity index (χ0v) is 24.3. The summed E-state index contributed by atoms with van der Waals surface area (Å²) in [5.74, 6) is 1.03. The second-order valence-electron chi connectivity index (χ2n) is 11.9. The molecule has 210 valence electrons. The fourth-order valence-corrected chi connectivity index (χ4v) is 9.31. The Bertz CT molecular complexity index is 1300. The van der Waals surface area contributed by atoms with Crippen molar-refractivity contribution >= 4 is 29.6 Å². The van der Waals surface area contributed by atoms with E-state index < -0.39 is 12.1 Å². The lowest BCUT2D eigenvalue weighted by molar-refractivity contribution is -0.236. The molecule has 6 rings (SSSR count). The highest BCUT2D eigenvalue weighted by Crippen LogP contribution is 2.67. The van der Waals surface area contributed by atoms with Gasteiger partial charge in [0.05, 0.1) is 23.7 Å². The molecule has 0 amide bonds. The zero-order valence-electron chi connectivity index (χ0n) is 22.7. The van der Waals surface area contributed by atoms with E-state index in [1.54, 1.807) is 12.1 Å². The zero-order chi connectivity index (χ0) is 27.4. The van der Waals surface area contributed by atoms with E-state index in [9.17, 15) is 13.9 Å². The lowest BCUT2D eigenvalue weighted by Crippen LogP contribution is -2.56. The molecule has 0 bridgehead atoms. The number of hydrogen-bond donors (Lipinski definition) is 1. The molecule has 6 unspecified atom stereocenters. The molecule has 0 aliphatic heterocycles. The summed E-state index contributed by atoms with van der Waals surface area (Å²) in [5.41, 5.74) is 5.14. The monoisotopic (exact) mass is 574 g/mol. The van der Waals surface area contributed by atoms with Crippen LogP contribution in [0.2, 0.25) is 0 Å². The van der Waals surface area contributed by atoms with E-state index in [1.165, 1.54) is 35.0 Å². The molecular formula is C30H36F2N2O3S2. The van der Waals surface area contributed by atoms with Gasteiger partial charge in [-0.05, 0) is 115 Å². The van der Waals surface area contributed by atoms with Crippen LogP contribution in [0, 0.1) is 34.4 Å². The van der Waals surface area contributed by atoms with E-state index in [-0.39, 0.29) is 22.6 Å². The maximum Gasteiger partial charge on any atom is 0.201 e. The number of halogens is 2. The molecule has 0 radical (unpaired) electrons. The Balaban J connectivity index is 1.31. The maximum absolute atomic E-state index is 13.5. The van der Waals surface area contributed by atoms with E-state index in [4.69, 9.17) is 9.78 Å². The number of aliphatic hydroxyl groups excluding tert-OH is 1. The van der Waals surface area contributed by atoms with E-state index >= 15 is 0 Å². The van der Waals surface area contributed by atoms with Crippen molar-refractivity contribution < 1.29 is 23.7 Å². The van der Waals surface area contributed by atoms with Gasteiger partial charge in [-0.15, -0.1) is 11.8 Å². The van der Waals surface area contributed by atoms with Gasteiger partial charge in [-0.3, -0.25) is 0 Å². The molecule has 1 aromatic carbocycles. The Labute approximate surface area is 237 Å². The molecule has 0 saturated heterocycles. The number of aliphatic hydroxyl groups is 1. The molecule has 39 heavy (non-hydrogen) atoms. The summed E-state index contributed by atoms with van der Waals surface area (Å²) in [4.78, 5) is 11.0. The third-order valence-electron chi connectivity index (χ3n) is 10.0. The predicted octanol–water partition coefficient (Wildman–Crippen LogP) is 7.30. The van der Waals surface area contributed by atoms with Gasteiger partial charge in [-0.25, -0.2) is 13.5 Å². The number of alkyl halides is 1. The average Bonchev–Trinajstić information content (AvgIpc) is 3.46. The summed E-state index contributed by atoms with van der Waals surface area (Å²) < 4.78 is 28.9. The Hall–Kier alpha value is -1.81. The van der Waals surface area contributed by atoms with Crippen LogP contribution < -0.4 is 0 Å². The highest BCUT2D eigenvalue weighted by Gasteiger charge is 2.61. The molecule has 1 aromatic heterocycles. The minimum atomic E-state index is -0.572. The van der Waals surface area contributed by atoms with Crippen molar-refractivity contribution in [1.82, 2.24) is 9.78 Å². The molecule has 4 aliphatic rings. The molecule has 3 saturated carbocycles. The van der Waals surface area contributed by atoms with Gasteiger partial charge in [0.15, 0.2) is 0 Å². The minimum Gasteiger partial charge on any atom is -0.393 e. The normalized spacial score (nSPS) is 34.5. The smallest absolute Gasteiger partial charge is 0.201 e. The molecular weight excluding hydrogens is 538 g/mol. The van der Waals surface area contributed by atoms with Gasteiger partial charge in [0.1, 0.15) is 17.8 Å². The fourth-order valence-electron chi connectivity index (χ4n) is 8.46. The number of hydrogen-bond acceptors (Lipinski definition) is 6. The summed E-state index contributed by atoms with van der Waals surface area (Å²) in [6.45, 7) is 4.57. The summed E-state index contributed by atoms with van der Waals surface area (Å²) in [7, 11) is 0. The molecule has 4 aliphatic carbocycles. The first-order valence-corrected chi connectivity index (χ1v) is 16.1. The predicted molar refractivity (Wildman–Crippen MR) is 152 cm³/mol. The van der Waals surface area contributed by atoms with Gasteiger partial charge >= 0.3 is 0 Å². The van der Waals surface area contributed by atoms with Crippen molar-refractivity contribution in [2.45, 2.75) is 58.5 Å². The largest absolute Gasteiger partial charge is 0.393 e. The van der Waals surface area contributed by atoms with Crippen LogP contribution in [0.4, 0.5) is 8.78 Å². The van der Waals surface area contributed by atoms with Gasteiger partial charge in [-0.1, -0.05) is 31.2 Å². The Morgan fingerprint density at radius 3 is 2.72 bits per heavy atom. The quantitative estimate of drug-likeness (QED) is 0.123. The van der Waals surface area contributed by atoms with E-state index in [2.05, 4.69) is 25.0 Å². The topological polar surface area (TPSA) is 56.5 Å². The first-order valence-electron chi connectivity index (χ1n) is 13.7. The summed E-state index contributed by atoms with van der Waals surface area (Å²) in [5, 5.41) is 17.1. The molecule has 1 N–H and O–H groups in total. The number of allylic oxidation sites excluding steroid dienone is 2. The SMILES string of the molecule is CSCOOC(SCF)=C1CCC2C3CCC4=Cc5c(cnn5-c5ccc(F)cc5)CC4(C)C3C(O)CC12C. The van der Waals surface area contributed by atoms with Crippen LogP contribution in [-0.2, 0) is 16.2 Å². The maximum atomic E-state index is 13.5. The van der Waals surface area contributed by atoms with Crippen LogP contribution in [0.25, 0.3) is 11.8 Å². The average molecular weight is 575 g/mol. The number of nitrogens with zero attached hydrogens (tertiary/aromatic N) is 2. The summed E-state index contributed by atoms with van der Waals surface area (Å²) in [6, 6.07) is 5.87. The molecule has 6 atom stereocenters. The van der Waals surface area contributed by atoms with Gasteiger partial charge in [-0.2, -0.15) is 9.99 Å². The molecule has 5 nitrogen and oxygen atoms in total. The minimum absolute atomic E-state index is 0.142. The van der Waals surface area contributed by atoms with E-state index in [1.807, 2.05) is 17.1 Å². The fraction of sp³-hybridized carbons (Fsp3) is 0.567. The highest BCUT2D eigenvalue weighted by atomic mass is 32.2. The first kappa shape index (κ1) is 27.4. The van der Waals surface area contributed by atoms with Crippen LogP contribution in [0.1, 0.15) is 57.2 Å². The Kier molecular flexibility index (Phi) is 7.40. The number of rotatable bonds is 7. The van der Waals surface area contributed by atoms with Crippen molar-refractivity contribution in [3.8, 4) is 5.69 Å². The van der Waals surface area contributed by atoms with Crippen molar-refractivity contribution in [2.75, 3.05) is 18.2 Å². The van der Waals surface area contributed by atoms with Crippen molar-refractivity contribution in [1.29, 1.82) is 0 Å². The first-order chi connectivity index (χ1) is 18.8. The lowest BCUT2D eigenvalue weighted by atomic mass is 9.46. The van der Waals surface area contributed by atoms with Gasteiger partial charge in [0, 0.05) is 0 Å². The van der Waals surface area contributed by atoms with Crippen molar-refractivity contribution in [3.63, 3.8) is 0 Å². The highest BCUT2D eigenvalue weighted by molar-refractivity contribution is 8.02. The van der Waals surface area contributed by atoms with Gasteiger partial charge < -0.3 is 9.99 Å². The second-order valence-corrected chi connectivity index (χ2v) is 13.6. The second kappa shape index (κ2) is 10.5. The summed E-state index contributed by atoms with van der Waals surface area (Å²) >= 11 is 2.56. The van der Waals surface area contributed by atoms with Crippen molar-refractivity contribution in [2.24, 2.45) is 28.6 Å². The van der Waals surface area contributed by atoms with E-state index in [0.29, 0.717) is 29.3 Å². The van der Waals surface area contributed by atoms with Gasteiger partial charge in [0.25, 0.3) is 0 Å². The molecule has 0 spiro atoms. The standard InChI is InChI=1S/C30H36F2N2O3S2/c1-29-13-18-15-33-34(21-7-5-20(32)6-8-21)25(18)12-19(29)4-9-22-23-10-11-24(28(39-16-31)37-36-17-38-3)30(23,2)14-26(35)27(22)29/h5-8,12,15,22-23,26-27,35H,4,9-11,13-14,16-17H2,1-3H3. The number of benzene rings is 1. The molecule has 9 heteroatoms. The number of fused-ring (bicyclic) bond motifs is 6. The van der Waals surface area contributed by atoms with Crippen molar-refractivity contribution in [3.05, 3.63) is 63.8 Å². The van der Waals surface area contributed by atoms with Crippen LogP contribution in [0.3, 0.4) is 0 Å². The van der Waals surface area contributed by atoms with Crippen LogP contribution in [0.5, 0.6) is 0 Å². The Morgan fingerprint density at radius 2 is 1.97 bits per heavy atom. The van der Waals surface area contributed by atoms with Crippen LogP contribution >= 0.6 is 23.5 Å². The third-order valence-corrected chi connectivity index (χ3v) is 11.0. The molecule has 1 heterocycles. The lowest BCUT2D eigenvalue weighted by Gasteiger charge is -2.59. The Morgan fingerprint density at radius 1 is 1.18 bits per heavy atom. The summed E-state index contributed by atoms with van der Waals surface area (Å²) in [6.07, 6.45) is 11.0. The van der Waals surface area contributed by atoms with Crippen LogP contribution in [0.15, 0.2) is 46.7 Å². The van der Waals surface area contributed by atoms with Crippen LogP contribution in [-0.4, -0.2) is 39.2 Å². The molecule has 2 aromatic rings. The third kappa shape index (κ3) is 4.48. The van der Waals surface area contributed by atoms with E-state index in [0.717, 1.165) is 60.8 Å². The number of aromatic nitrogens is 2.